The van der Waals surface area contributed by atoms with E-state index in [1.54, 1.807) is 0 Å². The van der Waals surface area contributed by atoms with E-state index < -0.39 is 17.0 Å². The van der Waals surface area contributed by atoms with Gasteiger partial charge in [0.25, 0.3) is 0 Å². The number of hydrogen-bond acceptors (Lipinski definition) is 3. The fourth-order valence-corrected chi connectivity index (χ4v) is 0.462. The Morgan fingerprint density at radius 1 is 1.60 bits per heavy atom. The van der Waals surface area contributed by atoms with Crippen molar-refractivity contribution in [2.45, 2.75) is 13.8 Å². The Morgan fingerprint density at radius 3 is 2.10 bits per heavy atom. The molecule has 0 heterocycles. The third-order valence-electron chi connectivity index (χ3n) is 1.27. The Hall–Kier alpha value is -0.830. The van der Waals surface area contributed by atoms with Crippen molar-refractivity contribution < 1.29 is 15.0 Å². The SMILES string of the molecule is C=C(O)C(=O)C(C)(C)CO. The number of ketones is 1. The van der Waals surface area contributed by atoms with Crippen molar-refractivity contribution in [2.75, 3.05) is 6.61 Å². The van der Waals surface area contributed by atoms with Crippen LogP contribution in [0.4, 0.5) is 0 Å². The Bertz CT molecular complexity index is 158. The summed E-state index contributed by atoms with van der Waals surface area (Å²) in [6, 6.07) is 0. The average molecular weight is 144 g/mol. The van der Waals surface area contributed by atoms with Crippen LogP contribution in [0.2, 0.25) is 0 Å². The lowest BCUT2D eigenvalue weighted by molar-refractivity contribution is -0.127. The molecule has 0 saturated carbocycles. The topological polar surface area (TPSA) is 57.5 Å². The highest BCUT2D eigenvalue weighted by Crippen LogP contribution is 2.17. The molecule has 58 valence electrons. The second-order valence-electron chi connectivity index (χ2n) is 2.82. The largest absolute Gasteiger partial charge is 0.505 e. The second kappa shape index (κ2) is 2.84. The number of carbonyl (C=O) groups is 1. The molecule has 0 aliphatic carbocycles. The molecule has 0 radical (unpaired) electrons. The third kappa shape index (κ3) is 1.84. The minimum Gasteiger partial charge on any atom is -0.505 e. The summed E-state index contributed by atoms with van der Waals surface area (Å²) >= 11 is 0. The van der Waals surface area contributed by atoms with Crippen LogP contribution < -0.4 is 0 Å². The van der Waals surface area contributed by atoms with E-state index >= 15 is 0 Å². The summed E-state index contributed by atoms with van der Waals surface area (Å²) in [6.45, 7) is 5.85. The molecule has 0 atom stereocenters. The van der Waals surface area contributed by atoms with Gasteiger partial charge in [-0.05, 0) is 0 Å². The first-order chi connectivity index (χ1) is 4.41. The normalized spacial score (nSPS) is 11.1. The van der Waals surface area contributed by atoms with Gasteiger partial charge in [-0.1, -0.05) is 20.4 Å². The van der Waals surface area contributed by atoms with Crippen LogP contribution in [-0.2, 0) is 4.79 Å². The van der Waals surface area contributed by atoms with E-state index in [0.717, 1.165) is 0 Å². The Kier molecular flexibility index (Phi) is 2.60. The molecule has 0 fully saturated rings. The maximum absolute atomic E-state index is 10.9. The maximum Gasteiger partial charge on any atom is 0.204 e. The monoisotopic (exact) mass is 144 g/mol. The molecule has 0 aromatic heterocycles. The molecule has 0 aliphatic rings. The van der Waals surface area contributed by atoms with Crippen LogP contribution in [0.25, 0.3) is 0 Å². The van der Waals surface area contributed by atoms with Crippen LogP contribution in [0.15, 0.2) is 12.3 Å². The number of hydrogen-bond donors (Lipinski definition) is 2. The van der Waals surface area contributed by atoms with Crippen molar-refractivity contribution in [1.82, 2.24) is 0 Å². The van der Waals surface area contributed by atoms with E-state index in [4.69, 9.17) is 10.2 Å². The molecule has 3 nitrogen and oxygen atoms in total. The highest BCUT2D eigenvalue weighted by molar-refractivity contribution is 5.96. The molecule has 0 aromatic carbocycles. The first kappa shape index (κ1) is 9.17. The summed E-state index contributed by atoms with van der Waals surface area (Å²) in [7, 11) is 0. The van der Waals surface area contributed by atoms with Crippen molar-refractivity contribution in [3.63, 3.8) is 0 Å². The van der Waals surface area contributed by atoms with E-state index in [0.29, 0.717) is 0 Å². The summed E-state index contributed by atoms with van der Waals surface area (Å²) in [5.41, 5.74) is -0.911. The maximum atomic E-state index is 10.9. The lowest BCUT2D eigenvalue weighted by Crippen LogP contribution is -2.29. The molecule has 0 rings (SSSR count). The van der Waals surface area contributed by atoms with E-state index in [1.165, 1.54) is 13.8 Å². The molecule has 3 heteroatoms. The minimum atomic E-state index is -0.911. The number of aliphatic hydroxyl groups excluding tert-OH is 2. The number of carbonyl (C=O) groups excluding carboxylic acids is 1. The third-order valence-corrected chi connectivity index (χ3v) is 1.27. The van der Waals surface area contributed by atoms with Crippen LogP contribution in [-0.4, -0.2) is 22.6 Å². The highest BCUT2D eigenvalue weighted by Gasteiger charge is 2.28. The van der Waals surface area contributed by atoms with E-state index in [2.05, 4.69) is 6.58 Å². The lowest BCUT2D eigenvalue weighted by atomic mass is 9.88. The zero-order valence-corrected chi connectivity index (χ0v) is 6.22. The van der Waals surface area contributed by atoms with Crippen molar-refractivity contribution in [1.29, 1.82) is 0 Å². The van der Waals surface area contributed by atoms with Gasteiger partial charge in [0.05, 0.1) is 12.0 Å². The van der Waals surface area contributed by atoms with Gasteiger partial charge in [-0.3, -0.25) is 4.79 Å². The van der Waals surface area contributed by atoms with Gasteiger partial charge in [0.2, 0.25) is 5.78 Å². The first-order valence-electron chi connectivity index (χ1n) is 2.95. The molecule has 0 amide bonds. The number of rotatable bonds is 3. The fourth-order valence-electron chi connectivity index (χ4n) is 0.462. The van der Waals surface area contributed by atoms with Crippen LogP contribution in [0.1, 0.15) is 13.8 Å². The van der Waals surface area contributed by atoms with E-state index in [1.807, 2.05) is 0 Å². The number of aliphatic hydroxyl groups is 2. The molecule has 0 unspecified atom stereocenters. The van der Waals surface area contributed by atoms with Gasteiger partial charge in [0.1, 0.15) is 0 Å². The van der Waals surface area contributed by atoms with Gasteiger partial charge in [0, 0.05) is 0 Å². The summed E-state index contributed by atoms with van der Waals surface area (Å²) in [5, 5.41) is 17.3. The van der Waals surface area contributed by atoms with Gasteiger partial charge in [-0.2, -0.15) is 0 Å². The molecule has 0 spiro atoms. The zero-order valence-electron chi connectivity index (χ0n) is 6.22. The summed E-state index contributed by atoms with van der Waals surface area (Å²) in [5.74, 6) is -1.02. The zero-order chi connectivity index (χ0) is 8.36. The Labute approximate surface area is 60.0 Å². The van der Waals surface area contributed by atoms with Crippen molar-refractivity contribution >= 4 is 5.78 Å². The van der Waals surface area contributed by atoms with Gasteiger partial charge in [0.15, 0.2) is 5.76 Å². The Morgan fingerprint density at radius 2 is 2.00 bits per heavy atom. The molecule has 2 N–H and O–H groups in total. The lowest BCUT2D eigenvalue weighted by Gasteiger charge is -2.18. The molecular weight excluding hydrogens is 132 g/mol. The molecule has 10 heavy (non-hydrogen) atoms. The Balaban J connectivity index is 4.33. The van der Waals surface area contributed by atoms with Crippen LogP contribution in [0, 0.1) is 5.41 Å². The fraction of sp³-hybridized carbons (Fsp3) is 0.571. The molecule has 0 aliphatic heterocycles. The number of allylic oxidation sites excluding steroid dienone is 1. The highest BCUT2D eigenvalue weighted by atomic mass is 16.3. The van der Waals surface area contributed by atoms with Gasteiger partial charge >= 0.3 is 0 Å². The quantitative estimate of drug-likeness (QED) is 0.451. The molecule has 0 saturated heterocycles. The van der Waals surface area contributed by atoms with Crippen molar-refractivity contribution in [2.24, 2.45) is 5.41 Å². The van der Waals surface area contributed by atoms with Crippen molar-refractivity contribution in [3.8, 4) is 0 Å². The summed E-state index contributed by atoms with van der Waals surface area (Å²) < 4.78 is 0. The van der Waals surface area contributed by atoms with Crippen LogP contribution >= 0.6 is 0 Å². The second-order valence-corrected chi connectivity index (χ2v) is 2.82. The van der Waals surface area contributed by atoms with Crippen LogP contribution in [0.5, 0.6) is 0 Å². The first-order valence-corrected chi connectivity index (χ1v) is 2.95. The van der Waals surface area contributed by atoms with Gasteiger partial charge in [-0.15, -0.1) is 0 Å². The van der Waals surface area contributed by atoms with Gasteiger partial charge in [-0.25, -0.2) is 0 Å². The van der Waals surface area contributed by atoms with Crippen LogP contribution in [0.3, 0.4) is 0 Å². The summed E-state index contributed by atoms with van der Waals surface area (Å²) in [6.07, 6.45) is 0. The van der Waals surface area contributed by atoms with Crippen molar-refractivity contribution in [3.05, 3.63) is 12.3 Å². The average Bonchev–Trinajstić information content (AvgIpc) is 1.86. The van der Waals surface area contributed by atoms with Gasteiger partial charge < -0.3 is 10.2 Å². The molecule has 0 bridgehead atoms. The predicted molar refractivity (Wildman–Crippen MR) is 37.6 cm³/mol. The standard InChI is InChI=1S/C7H12O3/c1-5(9)6(10)7(2,3)4-8/h8-9H,1,4H2,2-3H3. The number of Topliss-reactive ketones (excluding diaryl/α,β-unsaturated/α-hetero) is 1. The molecular formula is C7H12O3. The van der Waals surface area contributed by atoms with E-state index in [-0.39, 0.29) is 6.61 Å². The smallest absolute Gasteiger partial charge is 0.204 e. The summed E-state index contributed by atoms with van der Waals surface area (Å²) in [4.78, 5) is 10.9. The van der Waals surface area contributed by atoms with E-state index in [9.17, 15) is 4.79 Å². The molecule has 0 aromatic rings. The predicted octanol–water partition coefficient (Wildman–Crippen LogP) is 0.646. The minimum absolute atomic E-state index is 0.286.